The number of nitrogens with one attached hydrogen (secondary N) is 4. The van der Waals surface area contributed by atoms with Gasteiger partial charge < -0.3 is 30.5 Å². The van der Waals surface area contributed by atoms with E-state index in [-0.39, 0.29) is 30.1 Å². The highest BCUT2D eigenvalue weighted by molar-refractivity contribution is 7.98. The number of H-pyrrole nitrogens is 1. The van der Waals surface area contributed by atoms with Gasteiger partial charge in [-0.15, -0.1) is 0 Å². The minimum Gasteiger partial charge on any atom is -0.497 e. The van der Waals surface area contributed by atoms with Gasteiger partial charge in [0, 0.05) is 54.2 Å². The zero-order valence-corrected chi connectivity index (χ0v) is 23.8. The van der Waals surface area contributed by atoms with Gasteiger partial charge in [-0.05, 0) is 43.2 Å². The lowest BCUT2D eigenvalue weighted by Crippen LogP contribution is -2.52. The fourth-order valence-electron chi connectivity index (χ4n) is 4.25. The molecule has 3 rings (SSSR count). The average molecular weight is 551 g/mol. The summed E-state index contributed by atoms with van der Waals surface area (Å²) in [5.41, 5.74) is 3.63. The number of benzene rings is 2. The van der Waals surface area contributed by atoms with Crippen LogP contribution in [0, 0.1) is 5.92 Å². The zero-order valence-electron chi connectivity index (χ0n) is 23.0. The largest absolute Gasteiger partial charge is 0.497 e. The van der Waals surface area contributed by atoms with Crippen molar-refractivity contribution in [2.45, 2.75) is 44.5 Å². The fraction of sp³-hybridized carbons (Fsp3) is 0.367. The molecule has 0 aliphatic rings. The van der Waals surface area contributed by atoms with Crippen molar-refractivity contribution in [2.75, 3.05) is 19.9 Å². The maximum absolute atomic E-state index is 13.5. The second kappa shape index (κ2) is 14.4. The molecule has 0 saturated carbocycles. The van der Waals surface area contributed by atoms with E-state index >= 15 is 0 Å². The van der Waals surface area contributed by atoms with E-state index in [1.807, 2.05) is 61.7 Å². The first-order chi connectivity index (χ1) is 18.7. The second-order valence-corrected chi connectivity index (χ2v) is 10.6. The van der Waals surface area contributed by atoms with E-state index in [4.69, 9.17) is 4.74 Å². The number of hydrogen-bond acceptors (Lipinski definition) is 6. The molecule has 2 aromatic carbocycles. The summed E-state index contributed by atoms with van der Waals surface area (Å²) in [6.45, 7) is 7.24. The van der Waals surface area contributed by atoms with Crippen molar-refractivity contribution in [1.82, 2.24) is 20.9 Å². The van der Waals surface area contributed by atoms with Crippen molar-refractivity contribution >= 4 is 40.3 Å². The number of aromatic nitrogens is 1. The number of Topliss-reactive ketones (excluding diaryl/α,β-unsaturated/α-hetero) is 1. The molecule has 1 heterocycles. The predicted octanol–water partition coefficient (Wildman–Crippen LogP) is 3.97. The van der Waals surface area contributed by atoms with Gasteiger partial charge in [0.2, 0.25) is 11.8 Å². The number of hydrogen-bond donors (Lipinski definition) is 4. The molecule has 1 aromatic heterocycles. The Hall–Kier alpha value is -3.72. The molecule has 0 aliphatic heterocycles. The lowest BCUT2D eigenvalue weighted by molar-refractivity contribution is -0.132. The second-order valence-electron chi connectivity index (χ2n) is 9.60. The van der Waals surface area contributed by atoms with Crippen LogP contribution in [0.4, 0.5) is 0 Å². The van der Waals surface area contributed by atoms with Crippen LogP contribution in [0.2, 0.25) is 0 Å². The van der Waals surface area contributed by atoms with Crippen LogP contribution in [-0.2, 0) is 26.6 Å². The number of rotatable bonds is 15. The van der Waals surface area contributed by atoms with Crippen LogP contribution in [0.3, 0.4) is 0 Å². The van der Waals surface area contributed by atoms with Crippen molar-refractivity contribution in [2.24, 2.45) is 5.92 Å². The number of carbonyl (C=O) groups excluding carboxylic acids is 3. The molecule has 0 fully saturated rings. The molecule has 8 nitrogen and oxygen atoms in total. The van der Waals surface area contributed by atoms with Crippen LogP contribution >= 0.6 is 11.8 Å². The Morgan fingerprint density at radius 1 is 1.05 bits per heavy atom. The normalized spacial score (nSPS) is 13.2. The van der Waals surface area contributed by atoms with Gasteiger partial charge in [0.05, 0.1) is 19.1 Å². The summed E-state index contributed by atoms with van der Waals surface area (Å²) in [6.07, 6.45) is 2.27. The SMILES string of the molecule is C=C(NC)C(C)NC(=O)[C@H](Cc1c[nH]c2ccccc12)NC(=O)C(CSCc1ccc(OC)cc1)CC(C)=O. The lowest BCUT2D eigenvalue weighted by Gasteiger charge is -2.24. The molecule has 39 heavy (non-hydrogen) atoms. The maximum Gasteiger partial charge on any atom is 0.243 e. The standard InChI is InChI=1S/C30H38N4O4S/c1-19(35)14-24(18-39-17-22-10-12-25(38-5)13-11-22)29(36)34-28(30(37)33-21(3)20(2)31-4)15-23-16-32-27-9-7-6-8-26(23)27/h6-13,16,21,24,28,31-32H,2,14-15,17-18H2,1,3-5H3,(H,33,37)(H,34,36)/t21?,24?,28-/m0/s1. The number of likely N-dealkylation sites (N-methyl/N-ethyl adjacent to an activating group) is 1. The molecule has 0 bridgehead atoms. The van der Waals surface area contributed by atoms with Crippen LogP contribution in [0.1, 0.15) is 31.4 Å². The number of para-hydroxylation sites is 1. The first kappa shape index (κ1) is 29.8. The fourth-order valence-corrected chi connectivity index (χ4v) is 5.35. The Morgan fingerprint density at radius 2 is 1.77 bits per heavy atom. The number of ether oxygens (including phenoxy) is 1. The Kier molecular flexibility index (Phi) is 11.0. The minimum atomic E-state index is -0.829. The molecule has 0 radical (unpaired) electrons. The van der Waals surface area contributed by atoms with Crippen molar-refractivity contribution in [1.29, 1.82) is 0 Å². The Balaban J connectivity index is 1.74. The molecule has 3 atom stereocenters. The van der Waals surface area contributed by atoms with Crippen LogP contribution in [0.5, 0.6) is 5.75 Å². The summed E-state index contributed by atoms with van der Waals surface area (Å²) in [6, 6.07) is 14.4. The molecule has 9 heteroatoms. The summed E-state index contributed by atoms with van der Waals surface area (Å²) in [5, 5.41) is 9.84. The van der Waals surface area contributed by atoms with Gasteiger partial charge in [-0.3, -0.25) is 9.59 Å². The molecular weight excluding hydrogens is 512 g/mol. The molecule has 3 aromatic rings. The van der Waals surface area contributed by atoms with E-state index in [1.165, 1.54) is 6.92 Å². The van der Waals surface area contributed by atoms with E-state index in [9.17, 15) is 14.4 Å². The molecule has 4 N–H and O–H groups in total. The van der Waals surface area contributed by atoms with E-state index < -0.39 is 12.0 Å². The van der Waals surface area contributed by atoms with Gasteiger partial charge in [-0.2, -0.15) is 11.8 Å². The van der Waals surface area contributed by atoms with Crippen LogP contribution in [0.25, 0.3) is 10.9 Å². The number of fused-ring (bicyclic) bond motifs is 1. The number of carbonyl (C=O) groups is 3. The van der Waals surface area contributed by atoms with E-state index in [0.717, 1.165) is 27.8 Å². The van der Waals surface area contributed by atoms with Crippen molar-refractivity contribution in [3.63, 3.8) is 0 Å². The Bertz CT molecular complexity index is 1290. The van der Waals surface area contributed by atoms with Crippen molar-refractivity contribution in [3.05, 3.63) is 78.1 Å². The summed E-state index contributed by atoms with van der Waals surface area (Å²) in [7, 11) is 3.37. The third-order valence-corrected chi connectivity index (χ3v) is 7.76. The van der Waals surface area contributed by atoms with Crippen molar-refractivity contribution < 1.29 is 19.1 Å². The van der Waals surface area contributed by atoms with Gasteiger partial charge in [0.25, 0.3) is 0 Å². The predicted molar refractivity (Wildman–Crippen MR) is 158 cm³/mol. The first-order valence-electron chi connectivity index (χ1n) is 12.9. The highest BCUT2D eigenvalue weighted by Gasteiger charge is 2.28. The molecular formula is C30H38N4O4S. The Morgan fingerprint density at radius 3 is 2.44 bits per heavy atom. The monoisotopic (exact) mass is 550 g/mol. The molecule has 2 unspecified atom stereocenters. The summed E-state index contributed by atoms with van der Waals surface area (Å²) < 4.78 is 5.21. The third-order valence-electron chi connectivity index (χ3n) is 6.59. The summed E-state index contributed by atoms with van der Waals surface area (Å²) in [5.74, 6) is 0.660. The van der Waals surface area contributed by atoms with E-state index in [0.29, 0.717) is 23.6 Å². The van der Waals surface area contributed by atoms with Crippen LogP contribution in [0.15, 0.2) is 67.0 Å². The molecule has 0 aliphatic carbocycles. The molecule has 0 saturated heterocycles. The van der Waals surface area contributed by atoms with Crippen LogP contribution < -0.4 is 20.7 Å². The number of methoxy groups -OCH3 is 1. The Labute approximate surface area is 234 Å². The topological polar surface area (TPSA) is 112 Å². The summed E-state index contributed by atoms with van der Waals surface area (Å²) >= 11 is 1.58. The highest BCUT2D eigenvalue weighted by atomic mass is 32.2. The molecule has 0 spiro atoms. The van der Waals surface area contributed by atoms with E-state index in [2.05, 4.69) is 27.5 Å². The summed E-state index contributed by atoms with van der Waals surface area (Å²) in [4.78, 5) is 42.1. The first-order valence-corrected chi connectivity index (χ1v) is 14.1. The van der Waals surface area contributed by atoms with E-state index in [1.54, 1.807) is 25.9 Å². The zero-order chi connectivity index (χ0) is 28.4. The lowest BCUT2D eigenvalue weighted by atomic mass is 10.0. The van der Waals surface area contributed by atoms with Crippen LogP contribution in [-0.4, -0.2) is 54.6 Å². The third kappa shape index (κ3) is 8.64. The van der Waals surface area contributed by atoms with Gasteiger partial charge in [-0.25, -0.2) is 0 Å². The highest BCUT2D eigenvalue weighted by Crippen LogP contribution is 2.22. The number of thioether (sulfide) groups is 1. The molecule has 2 amide bonds. The maximum atomic E-state index is 13.5. The van der Waals surface area contributed by atoms with Gasteiger partial charge >= 0.3 is 0 Å². The smallest absolute Gasteiger partial charge is 0.243 e. The minimum absolute atomic E-state index is 0.0724. The average Bonchev–Trinajstić information content (AvgIpc) is 3.34. The quantitative estimate of drug-likeness (QED) is 0.228. The van der Waals surface area contributed by atoms with Gasteiger partial charge in [-0.1, -0.05) is 36.9 Å². The number of ketones is 1. The van der Waals surface area contributed by atoms with Gasteiger partial charge in [0.15, 0.2) is 0 Å². The van der Waals surface area contributed by atoms with Gasteiger partial charge in [0.1, 0.15) is 17.6 Å². The van der Waals surface area contributed by atoms with Crippen molar-refractivity contribution in [3.8, 4) is 5.75 Å². The number of amides is 2. The number of aromatic amines is 1. The molecule has 208 valence electrons.